The summed E-state index contributed by atoms with van der Waals surface area (Å²) < 4.78 is 57.4. The van der Waals surface area contributed by atoms with Crippen LogP contribution in [-0.2, 0) is 14.3 Å². The minimum atomic E-state index is -4.44. The van der Waals surface area contributed by atoms with E-state index in [9.17, 15) is 27.6 Å². The van der Waals surface area contributed by atoms with Crippen LogP contribution in [-0.4, -0.2) is 41.0 Å². The molecule has 10 heteroatoms. The van der Waals surface area contributed by atoms with Crippen LogP contribution in [0.25, 0.3) is 22.0 Å². The van der Waals surface area contributed by atoms with Crippen molar-refractivity contribution < 1.29 is 41.4 Å². The lowest BCUT2D eigenvalue weighted by atomic mass is 10.1. The lowest BCUT2D eigenvalue weighted by Crippen LogP contribution is -2.38. The molecule has 7 nitrogen and oxygen atoms in total. The number of nitrogens with zero attached hydrogens (tertiary/aromatic N) is 1. The second-order valence-corrected chi connectivity index (χ2v) is 7.62. The summed E-state index contributed by atoms with van der Waals surface area (Å²) in [6, 6.07) is 5.02. The summed E-state index contributed by atoms with van der Waals surface area (Å²) in [6.45, 7) is 4.93. The van der Waals surface area contributed by atoms with Crippen LogP contribution >= 0.6 is 0 Å². The zero-order chi connectivity index (χ0) is 23.1. The molecule has 0 aliphatic heterocycles. The van der Waals surface area contributed by atoms with Gasteiger partial charge in [-0.15, -0.1) is 0 Å². The molecule has 164 valence electrons. The number of Topliss-reactive ketones (excluding diaryl/α,β-unsaturated/α-hetero) is 1. The number of benzene rings is 1. The van der Waals surface area contributed by atoms with Crippen LogP contribution < -0.4 is 0 Å². The first-order valence-electron chi connectivity index (χ1n) is 8.99. The van der Waals surface area contributed by atoms with Crippen molar-refractivity contribution in [1.82, 2.24) is 4.57 Å². The van der Waals surface area contributed by atoms with E-state index in [1.807, 2.05) is 0 Å². The summed E-state index contributed by atoms with van der Waals surface area (Å²) in [5.41, 5.74) is -0.611. The van der Waals surface area contributed by atoms with Crippen LogP contribution in [0.15, 0.2) is 41.1 Å². The Morgan fingerprint density at radius 3 is 2.42 bits per heavy atom. The monoisotopic (exact) mass is 437 g/mol. The van der Waals surface area contributed by atoms with E-state index >= 15 is 0 Å². The van der Waals surface area contributed by atoms with E-state index in [-0.39, 0.29) is 22.0 Å². The SMILES string of the molecule is COC(=O)C(F)(F)C(=O)c1cc(-c2cn(C(=O)OC(C)(C)C)c3c(F)cccc23)co1. The zero-order valence-corrected chi connectivity index (χ0v) is 17.0. The number of hydrogen-bond acceptors (Lipinski definition) is 6. The lowest BCUT2D eigenvalue weighted by Gasteiger charge is -2.19. The van der Waals surface area contributed by atoms with Gasteiger partial charge in [-0.25, -0.2) is 18.5 Å². The quantitative estimate of drug-likeness (QED) is 0.331. The Kier molecular flexibility index (Phi) is 5.43. The van der Waals surface area contributed by atoms with Crippen molar-refractivity contribution in [2.45, 2.75) is 32.3 Å². The number of rotatable bonds is 4. The van der Waals surface area contributed by atoms with Crippen molar-refractivity contribution in [1.29, 1.82) is 0 Å². The molecule has 1 aromatic carbocycles. The number of ether oxygens (including phenoxy) is 2. The van der Waals surface area contributed by atoms with Gasteiger partial charge in [0.15, 0.2) is 5.76 Å². The number of fused-ring (bicyclic) bond motifs is 1. The molecule has 0 N–H and O–H groups in total. The van der Waals surface area contributed by atoms with E-state index in [0.29, 0.717) is 0 Å². The van der Waals surface area contributed by atoms with E-state index in [2.05, 4.69) is 4.74 Å². The van der Waals surface area contributed by atoms with E-state index in [0.717, 1.165) is 30.1 Å². The van der Waals surface area contributed by atoms with Crippen LogP contribution in [0, 0.1) is 5.82 Å². The van der Waals surface area contributed by atoms with Gasteiger partial charge >= 0.3 is 18.0 Å². The predicted octanol–water partition coefficient (Wildman–Crippen LogP) is 4.81. The highest BCUT2D eigenvalue weighted by Crippen LogP contribution is 2.35. The van der Waals surface area contributed by atoms with Crippen LogP contribution in [0.1, 0.15) is 31.3 Å². The molecule has 0 aliphatic rings. The zero-order valence-electron chi connectivity index (χ0n) is 17.0. The smallest absolute Gasteiger partial charge is 0.419 e. The van der Waals surface area contributed by atoms with Crippen molar-refractivity contribution in [2.24, 2.45) is 0 Å². The molecule has 0 fully saturated rings. The largest absolute Gasteiger partial charge is 0.464 e. The van der Waals surface area contributed by atoms with Crippen LogP contribution in [0.3, 0.4) is 0 Å². The molecule has 3 aromatic rings. The molecule has 2 heterocycles. The number of esters is 1. The fourth-order valence-electron chi connectivity index (χ4n) is 2.90. The fraction of sp³-hybridized carbons (Fsp3) is 0.286. The molecular weight excluding hydrogens is 419 g/mol. The van der Waals surface area contributed by atoms with Crippen LogP contribution in [0.4, 0.5) is 18.0 Å². The number of ketones is 1. The minimum absolute atomic E-state index is 0.0966. The van der Waals surface area contributed by atoms with Gasteiger partial charge in [-0.1, -0.05) is 12.1 Å². The number of alkyl halides is 2. The van der Waals surface area contributed by atoms with Gasteiger partial charge in [0.25, 0.3) is 5.78 Å². The lowest BCUT2D eigenvalue weighted by molar-refractivity contribution is -0.161. The number of aromatic nitrogens is 1. The van der Waals surface area contributed by atoms with Gasteiger partial charge in [-0.3, -0.25) is 4.79 Å². The summed E-state index contributed by atoms with van der Waals surface area (Å²) in [6.07, 6.45) is 1.38. The van der Waals surface area contributed by atoms with Gasteiger partial charge in [0.2, 0.25) is 0 Å². The highest BCUT2D eigenvalue weighted by Gasteiger charge is 2.50. The molecule has 3 rings (SSSR count). The Morgan fingerprint density at radius 2 is 1.81 bits per heavy atom. The molecule has 0 saturated heterocycles. The normalized spacial score (nSPS) is 12.1. The second kappa shape index (κ2) is 7.60. The maximum atomic E-state index is 14.5. The Hall–Kier alpha value is -3.56. The topological polar surface area (TPSA) is 87.7 Å². The standard InChI is InChI=1S/C21H18F3NO6/c1-20(2,3)31-19(28)25-9-13(12-6-5-7-14(22)16(12)25)11-8-15(30-10-11)17(26)21(23,24)18(27)29-4/h5-10H,1-4H3. The average Bonchev–Trinajstić information content (AvgIpc) is 3.30. The van der Waals surface area contributed by atoms with Crippen molar-refractivity contribution in [3.8, 4) is 11.1 Å². The Labute approximate surface area is 174 Å². The van der Waals surface area contributed by atoms with E-state index in [1.165, 1.54) is 18.3 Å². The van der Waals surface area contributed by atoms with Crippen molar-refractivity contribution in [3.05, 3.63) is 48.3 Å². The Bertz CT molecular complexity index is 1190. The minimum Gasteiger partial charge on any atom is -0.464 e. The van der Waals surface area contributed by atoms with Crippen molar-refractivity contribution >= 4 is 28.7 Å². The summed E-state index contributed by atoms with van der Waals surface area (Å²) in [5, 5.41) is 0.255. The Morgan fingerprint density at radius 1 is 1.13 bits per heavy atom. The van der Waals surface area contributed by atoms with Crippen molar-refractivity contribution in [2.75, 3.05) is 7.11 Å². The van der Waals surface area contributed by atoms with E-state index < -0.39 is 40.9 Å². The third-order valence-electron chi connectivity index (χ3n) is 4.23. The van der Waals surface area contributed by atoms with Crippen LogP contribution in [0.5, 0.6) is 0 Å². The molecule has 0 aliphatic carbocycles. The highest BCUT2D eigenvalue weighted by atomic mass is 19.3. The number of hydrogen-bond donors (Lipinski definition) is 0. The van der Waals surface area contributed by atoms with Gasteiger partial charge in [-0.05, 0) is 32.9 Å². The summed E-state index contributed by atoms with van der Waals surface area (Å²) in [7, 11) is 0.719. The van der Waals surface area contributed by atoms with Crippen LogP contribution in [0.2, 0.25) is 0 Å². The summed E-state index contributed by atoms with van der Waals surface area (Å²) in [4.78, 5) is 35.8. The number of methoxy groups -OCH3 is 1. The number of para-hydroxylation sites is 1. The molecule has 0 bridgehead atoms. The maximum Gasteiger partial charge on any atom is 0.419 e. The number of halogens is 3. The van der Waals surface area contributed by atoms with E-state index in [1.54, 1.807) is 20.8 Å². The first-order chi connectivity index (χ1) is 14.4. The molecule has 0 atom stereocenters. The number of furan rings is 1. The third-order valence-corrected chi connectivity index (χ3v) is 4.23. The molecule has 0 radical (unpaired) electrons. The highest BCUT2D eigenvalue weighted by molar-refractivity contribution is 6.13. The number of carbonyl (C=O) groups excluding carboxylic acids is 3. The first-order valence-corrected chi connectivity index (χ1v) is 8.99. The van der Waals surface area contributed by atoms with Gasteiger partial charge in [0.1, 0.15) is 11.4 Å². The van der Waals surface area contributed by atoms with Gasteiger partial charge in [0.05, 0.1) is 18.9 Å². The summed E-state index contributed by atoms with van der Waals surface area (Å²) in [5.74, 6) is -9.89. The van der Waals surface area contributed by atoms with Crippen molar-refractivity contribution in [3.63, 3.8) is 0 Å². The molecule has 31 heavy (non-hydrogen) atoms. The molecule has 0 unspecified atom stereocenters. The fourth-order valence-corrected chi connectivity index (χ4v) is 2.90. The third kappa shape index (κ3) is 4.05. The Balaban J connectivity index is 2.09. The average molecular weight is 437 g/mol. The molecular formula is C21H18F3NO6. The molecule has 0 spiro atoms. The van der Waals surface area contributed by atoms with Gasteiger partial charge < -0.3 is 13.9 Å². The number of carbonyl (C=O) groups is 3. The molecule has 0 saturated carbocycles. The molecule has 2 aromatic heterocycles. The maximum absolute atomic E-state index is 14.5. The van der Waals surface area contributed by atoms with E-state index in [4.69, 9.17) is 9.15 Å². The summed E-state index contributed by atoms with van der Waals surface area (Å²) >= 11 is 0. The van der Waals surface area contributed by atoms with Gasteiger partial charge in [0, 0.05) is 22.7 Å². The molecule has 0 amide bonds. The predicted molar refractivity (Wildman–Crippen MR) is 103 cm³/mol. The first kappa shape index (κ1) is 22.1. The van der Waals surface area contributed by atoms with Gasteiger partial charge in [-0.2, -0.15) is 8.78 Å². The second-order valence-electron chi connectivity index (χ2n) is 7.62.